The molecule has 0 amide bonds. The Labute approximate surface area is 120 Å². The van der Waals surface area contributed by atoms with Gasteiger partial charge in [-0.05, 0) is 28.5 Å². The Hall–Kier alpha value is -2.39. The number of benzene rings is 3. The van der Waals surface area contributed by atoms with E-state index < -0.39 is 4.92 Å². The monoisotopic (exact) mass is 283 g/mol. The van der Waals surface area contributed by atoms with Crippen LogP contribution in [0.15, 0.2) is 60.7 Å². The maximum Gasteiger partial charge on any atom is 0.278 e. The predicted molar refractivity (Wildman–Crippen MR) is 81.0 cm³/mol. The molecule has 0 radical (unpaired) electrons. The zero-order chi connectivity index (χ0) is 14.1. The van der Waals surface area contributed by atoms with Gasteiger partial charge in [-0.15, -0.1) is 0 Å². The zero-order valence-corrected chi connectivity index (χ0v) is 11.2. The van der Waals surface area contributed by atoms with E-state index in [2.05, 4.69) is 0 Å². The van der Waals surface area contributed by atoms with E-state index in [4.69, 9.17) is 11.6 Å². The Kier molecular flexibility index (Phi) is 3.12. The first-order valence-electron chi connectivity index (χ1n) is 6.09. The highest BCUT2D eigenvalue weighted by Crippen LogP contribution is 2.36. The second-order valence-electron chi connectivity index (χ2n) is 4.45. The Morgan fingerprint density at radius 1 is 0.900 bits per heavy atom. The van der Waals surface area contributed by atoms with E-state index in [0.29, 0.717) is 10.6 Å². The van der Waals surface area contributed by atoms with Crippen LogP contribution in [0.2, 0.25) is 5.02 Å². The number of rotatable bonds is 2. The van der Waals surface area contributed by atoms with Crippen molar-refractivity contribution in [3.05, 3.63) is 75.8 Å². The molecule has 0 heterocycles. The predicted octanol–water partition coefficient (Wildman–Crippen LogP) is 5.07. The van der Waals surface area contributed by atoms with E-state index in [0.717, 1.165) is 16.3 Å². The second-order valence-corrected chi connectivity index (χ2v) is 4.88. The number of fused-ring (bicyclic) bond motifs is 1. The van der Waals surface area contributed by atoms with Gasteiger partial charge in [0, 0.05) is 11.1 Å². The average Bonchev–Trinajstić information content (AvgIpc) is 2.46. The van der Waals surface area contributed by atoms with Crippen LogP contribution in [0.1, 0.15) is 0 Å². The van der Waals surface area contributed by atoms with Crippen LogP contribution in [0.25, 0.3) is 21.9 Å². The molecule has 4 heteroatoms. The minimum atomic E-state index is -0.400. The molecule has 98 valence electrons. The normalized spacial score (nSPS) is 10.7. The van der Waals surface area contributed by atoms with Gasteiger partial charge in [-0.3, -0.25) is 10.1 Å². The van der Waals surface area contributed by atoms with Crippen molar-refractivity contribution in [3.8, 4) is 11.1 Å². The second kappa shape index (κ2) is 4.94. The first-order chi connectivity index (χ1) is 9.66. The van der Waals surface area contributed by atoms with Crippen LogP contribution in [0, 0.1) is 10.1 Å². The van der Waals surface area contributed by atoms with Gasteiger partial charge in [-0.2, -0.15) is 0 Å². The van der Waals surface area contributed by atoms with Gasteiger partial charge in [0.15, 0.2) is 0 Å². The van der Waals surface area contributed by atoms with Crippen molar-refractivity contribution in [3.63, 3.8) is 0 Å². The third-order valence-corrected chi connectivity index (χ3v) is 3.47. The minimum absolute atomic E-state index is 0.0221. The molecule has 0 N–H and O–H groups in total. The Morgan fingerprint density at radius 2 is 1.65 bits per heavy atom. The first-order valence-corrected chi connectivity index (χ1v) is 6.47. The number of hydrogen-bond acceptors (Lipinski definition) is 2. The molecular weight excluding hydrogens is 274 g/mol. The molecule has 0 aliphatic carbocycles. The zero-order valence-electron chi connectivity index (χ0n) is 10.4. The van der Waals surface area contributed by atoms with Crippen LogP contribution >= 0.6 is 11.6 Å². The third-order valence-electron chi connectivity index (χ3n) is 3.24. The summed E-state index contributed by atoms with van der Waals surface area (Å²) >= 11 is 5.86. The van der Waals surface area contributed by atoms with Crippen LogP contribution in [0.4, 0.5) is 5.69 Å². The molecule has 0 fully saturated rings. The number of nitrogens with zero attached hydrogens (tertiary/aromatic N) is 1. The largest absolute Gasteiger partial charge is 0.278 e. The van der Waals surface area contributed by atoms with Crippen molar-refractivity contribution in [2.75, 3.05) is 0 Å². The molecule has 0 bridgehead atoms. The summed E-state index contributed by atoms with van der Waals surface area (Å²) in [4.78, 5) is 10.8. The Bertz CT molecular complexity index is 809. The highest BCUT2D eigenvalue weighted by molar-refractivity contribution is 6.31. The maximum atomic E-state index is 11.2. The van der Waals surface area contributed by atoms with E-state index in [-0.39, 0.29) is 5.69 Å². The lowest BCUT2D eigenvalue weighted by Crippen LogP contribution is -1.92. The average molecular weight is 284 g/mol. The number of hydrogen-bond donors (Lipinski definition) is 0. The Balaban J connectivity index is 2.34. The fourth-order valence-electron chi connectivity index (χ4n) is 2.34. The fourth-order valence-corrected chi connectivity index (χ4v) is 2.51. The molecule has 0 aliphatic rings. The number of nitro benzene ring substituents is 1. The fraction of sp³-hybridized carbons (Fsp3) is 0. The van der Waals surface area contributed by atoms with E-state index >= 15 is 0 Å². The van der Waals surface area contributed by atoms with Crippen molar-refractivity contribution >= 4 is 28.1 Å². The molecular formula is C16H10ClNO2. The summed E-state index contributed by atoms with van der Waals surface area (Å²) in [6.45, 7) is 0. The highest BCUT2D eigenvalue weighted by atomic mass is 35.5. The van der Waals surface area contributed by atoms with Crippen LogP contribution in [0.3, 0.4) is 0 Å². The van der Waals surface area contributed by atoms with Gasteiger partial charge in [-0.25, -0.2) is 0 Å². The van der Waals surface area contributed by atoms with E-state index in [1.165, 1.54) is 6.07 Å². The molecule has 0 saturated heterocycles. The van der Waals surface area contributed by atoms with Crippen LogP contribution in [-0.2, 0) is 0 Å². The molecule has 3 nitrogen and oxygen atoms in total. The van der Waals surface area contributed by atoms with Gasteiger partial charge >= 0.3 is 0 Å². The standard InChI is InChI=1S/C16H10ClNO2/c17-12-8-9-15(16(10-12)18(19)20)14-7-3-5-11-4-1-2-6-13(11)14/h1-10H. The quantitative estimate of drug-likeness (QED) is 0.487. The smallest absolute Gasteiger partial charge is 0.258 e. The maximum absolute atomic E-state index is 11.2. The molecule has 0 unspecified atom stereocenters. The molecule has 0 aliphatic heterocycles. The van der Waals surface area contributed by atoms with Gasteiger partial charge in [0.25, 0.3) is 5.69 Å². The van der Waals surface area contributed by atoms with Crippen molar-refractivity contribution < 1.29 is 4.92 Å². The van der Waals surface area contributed by atoms with E-state index in [9.17, 15) is 10.1 Å². The molecule has 0 atom stereocenters. The van der Waals surface area contributed by atoms with E-state index in [1.807, 2.05) is 42.5 Å². The van der Waals surface area contributed by atoms with Gasteiger partial charge in [0.2, 0.25) is 0 Å². The summed E-state index contributed by atoms with van der Waals surface area (Å²) in [6.07, 6.45) is 0. The van der Waals surface area contributed by atoms with Crippen LogP contribution < -0.4 is 0 Å². The van der Waals surface area contributed by atoms with E-state index in [1.54, 1.807) is 12.1 Å². The lowest BCUT2D eigenvalue weighted by Gasteiger charge is -2.07. The highest BCUT2D eigenvalue weighted by Gasteiger charge is 2.17. The lowest BCUT2D eigenvalue weighted by molar-refractivity contribution is -0.384. The summed E-state index contributed by atoms with van der Waals surface area (Å²) in [6, 6.07) is 18.3. The topological polar surface area (TPSA) is 43.1 Å². The lowest BCUT2D eigenvalue weighted by atomic mass is 9.97. The number of halogens is 1. The summed E-state index contributed by atoms with van der Waals surface area (Å²) in [5.74, 6) is 0. The van der Waals surface area contributed by atoms with Crippen molar-refractivity contribution in [1.29, 1.82) is 0 Å². The van der Waals surface area contributed by atoms with Crippen molar-refractivity contribution in [2.24, 2.45) is 0 Å². The molecule has 3 aromatic rings. The molecule has 20 heavy (non-hydrogen) atoms. The summed E-state index contributed by atoms with van der Waals surface area (Å²) < 4.78 is 0. The van der Waals surface area contributed by atoms with Crippen molar-refractivity contribution in [2.45, 2.75) is 0 Å². The summed E-state index contributed by atoms with van der Waals surface area (Å²) in [5, 5.41) is 13.6. The summed E-state index contributed by atoms with van der Waals surface area (Å²) in [5.41, 5.74) is 1.44. The Morgan fingerprint density at radius 3 is 2.45 bits per heavy atom. The van der Waals surface area contributed by atoms with Gasteiger partial charge in [0.1, 0.15) is 0 Å². The minimum Gasteiger partial charge on any atom is -0.258 e. The van der Waals surface area contributed by atoms with Gasteiger partial charge in [0.05, 0.1) is 10.5 Å². The van der Waals surface area contributed by atoms with Crippen molar-refractivity contribution in [1.82, 2.24) is 0 Å². The molecule has 3 rings (SSSR count). The molecule has 0 spiro atoms. The molecule has 3 aromatic carbocycles. The molecule has 0 aromatic heterocycles. The third kappa shape index (κ3) is 2.12. The first kappa shape index (κ1) is 12.6. The molecule has 0 saturated carbocycles. The summed E-state index contributed by atoms with van der Waals surface area (Å²) in [7, 11) is 0. The SMILES string of the molecule is O=[N+]([O-])c1cc(Cl)ccc1-c1cccc2ccccc12. The van der Waals surface area contributed by atoms with Crippen LogP contribution in [0.5, 0.6) is 0 Å². The number of nitro groups is 1. The van der Waals surface area contributed by atoms with Crippen LogP contribution in [-0.4, -0.2) is 4.92 Å². The van der Waals surface area contributed by atoms with Gasteiger partial charge < -0.3 is 0 Å². The van der Waals surface area contributed by atoms with Gasteiger partial charge in [-0.1, -0.05) is 54.1 Å².